The molecule has 1 fully saturated rings. The number of hydrogen-bond acceptors (Lipinski definition) is 4. The highest BCUT2D eigenvalue weighted by atomic mass is 35.5. The minimum absolute atomic E-state index is 0. The first-order valence-electron chi connectivity index (χ1n) is 7.01. The first-order valence-corrected chi connectivity index (χ1v) is 8.45. The number of rotatable bonds is 5. The molecule has 1 aromatic rings. The number of hydrogen-bond donors (Lipinski definition) is 1. The number of ether oxygens (including phenoxy) is 1. The van der Waals surface area contributed by atoms with E-state index in [-0.39, 0.29) is 12.4 Å². The second-order valence-corrected chi connectivity index (χ2v) is 6.93. The third-order valence-corrected chi connectivity index (χ3v) is 5.59. The highest BCUT2D eigenvalue weighted by molar-refractivity contribution is 7.89. The van der Waals surface area contributed by atoms with Gasteiger partial charge in [-0.25, -0.2) is 8.42 Å². The topological polar surface area (TPSA) is 72.6 Å². The molecule has 1 aliphatic rings. The predicted molar refractivity (Wildman–Crippen MR) is 85.4 cm³/mol. The molecule has 120 valence electrons. The van der Waals surface area contributed by atoms with E-state index in [1.807, 2.05) is 6.92 Å². The molecule has 1 saturated heterocycles. The van der Waals surface area contributed by atoms with Gasteiger partial charge in [0.2, 0.25) is 10.0 Å². The molecule has 0 unspecified atom stereocenters. The van der Waals surface area contributed by atoms with Gasteiger partial charge in [-0.05, 0) is 56.5 Å². The van der Waals surface area contributed by atoms with Gasteiger partial charge in [-0.1, -0.05) is 0 Å². The molecule has 1 heterocycles. The van der Waals surface area contributed by atoms with Gasteiger partial charge >= 0.3 is 0 Å². The van der Waals surface area contributed by atoms with E-state index < -0.39 is 10.0 Å². The number of halogens is 1. The van der Waals surface area contributed by atoms with Crippen molar-refractivity contribution in [3.8, 4) is 5.75 Å². The van der Waals surface area contributed by atoms with E-state index >= 15 is 0 Å². The lowest BCUT2D eigenvalue weighted by atomic mass is 9.99. The summed E-state index contributed by atoms with van der Waals surface area (Å²) in [7, 11) is -3.39. The lowest BCUT2D eigenvalue weighted by Gasteiger charge is -2.30. The fourth-order valence-electron chi connectivity index (χ4n) is 2.41. The minimum atomic E-state index is -3.39. The molecule has 2 rings (SSSR count). The Bertz CT molecular complexity index is 526. The van der Waals surface area contributed by atoms with Crippen LogP contribution in [0.2, 0.25) is 0 Å². The molecular formula is C14H23ClN2O3S. The van der Waals surface area contributed by atoms with Crippen LogP contribution < -0.4 is 10.5 Å². The zero-order valence-corrected chi connectivity index (χ0v) is 13.8. The summed E-state index contributed by atoms with van der Waals surface area (Å²) in [6.45, 7) is 4.21. The molecule has 0 amide bonds. The van der Waals surface area contributed by atoms with Gasteiger partial charge in [-0.15, -0.1) is 12.4 Å². The van der Waals surface area contributed by atoms with Crippen LogP contribution in [0.25, 0.3) is 0 Å². The van der Waals surface area contributed by atoms with Gasteiger partial charge in [0, 0.05) is 13.1 Å². The van der Waals surface area contributed by atoms with Gasteiger partial charge in [0.15, 0.2) is 0 Å². The molecule has 0 bridgehead atoms. The number of benzene rings is 1. The molecule has 0 radical (unpaired) electrons. The molecule has 0 aromatic heterocycles. The standard InChI is InChI=1S/C14H22N2O3S.ClH/c1-2-19-13-3-5-14(6-4-13)20(17,18)16-9-7-12(11-15)8-10-16;/h3-6,12H,2,7-11,15H2,1H3;1H. The van der Waals surface area contributed by atoms with Gasteiger partial charge in [0.1, 0.15) is 5.75 Å². The summed E-state index contributed by atoms with van der Waals surface area (Å²) >= 11 is 0. The van der Waals surface area contributed by atoms with Gasteiger partial charge in [0.25, 0.3) is 0 Å². The number of nitrogens with two attached hydrogens (primary N) is 1. The first kappa shape index (κ1) is 18.2. The summed E-state index contributed by atoms with van der Waals surface area (Å²) in [4.78, 5) is 0.326. The van der Waals surface area contributed by atoms with Crippen molar-refractivity contribution < 1.29 is 13.2 Å². The monoisotopic (exact) mass is 334 g/mol. The Morgan fingerprint density at radius 3 is 2.29 bits per heavy atom. The van der Waals surface area contributed by atoms with E-state index in [1.54, 1.807) is 28.6 Å². The highest BCUT2D eigenvalue weighted by Gasteiger charge is 2.28. The van der Waals surface area contributed by atoms with E-state index in [0.29, 0.717) is 42.8 Å². The van der Waals surface area contributed by atoms with E-state index in [9.17, 15) is 8.42 Å². The molecule has 5 nitrogen and oxygen atoms in total. The molecule has 1 aliphatic heterocycles. The highest BCUT2D eigenvalue weighted by Crippen LogP contribution is 2.24. The van der Waals surface area contributed by atoms with Crippen molar-refractivity contribution in [2.24, 2.45) is 11.7 Å². The quantitative estimate of drug-likeness (QED) is 0.892. The van der Waals surface area contributed by atoms with Crippen LogP contribution in [-0.4, -0.2) is 39.0 Å². The Kier molecular flexibility index (Phi) is 6.93. The smallest absolute Gasteiger partial charge is 0.243 e. The molecule has 7 heteroatoms. The van der Waals surface area contributed by atoms with E-state index in [4.69, 9.17) is 10.5 Å². The molecular weight excluding hydrogens is 312 g/mol. The van der Waals surface area contributed by atoms with Crippen LogP contribution in [0.1, 0.15) is 19.8 Å². The van der Waals surface area contributed by atoms with E-state index in [2.05, 4.69) is 0 Å². The molecule has 0 atom stereocenters. The maximum Gasteiger partial charge on any atom is 0.243 e. The van der Waals surface area contributed by atoms with Crippen LogP contribution in [0.5, 0.6) is 5.75 Å². The van der Waals surface area contributed by atoms with E-state index in [1.165, 1.54) is 0 Å². The normalized spacial score (nSPS) is 17.2. The average molecular weight is 335 g/mol. The SMILES string of the molecule is CCOc1ccc(S(=O)(=O)N2CCC(CN)CC2)cc1.Cl. The predicted octanol–water partition coefficient (Wildman–Crippen LogP) is 1.87. The summed E-state index contributed by atoms with van der Waals surface area (Å²) in [5, 5.41) is 0. The molecule has 2 N–H and O–H groups in total. The van der Waals surface area contributed by atoms with Gasteiger partial charge in [0.05, 0.1) is 11.5 Å². The van der Waals surface area contributed by atoms with Crippen LogP contribution in [0.15, 0.2) is 29.2 Å². The summed E-state index contributed by atoms with van der Waals surface area (Å²) in [6.07, 6.45) is 1.68. The van der Waals surface area contributed by atoms with Crippen LogP contribution in [0.4, 0.5) is 0 Å². The Hall–Kier alpha value is -0.820. The lowest BCUT2D eigenvalue weighted by Crippen LogP contribution is -2.39. The van der Waals surface area contributed by atoms with Crippen LogP contribution in [-0.2, 0) is 10.0 Å². The molecule has 0 saturated carbocycles. The van der Waals surface area contributed by atoms with Crippen LogP contribution >= 0.6 is 12.4 Å². The minimum Gasteiger partial charge on any atom is -0.494 e. The largest absolute Gasteiger partial charge is 0.494 e. The van der Waals surface area contributed by atoms with Crippen molar-refractivity contribution in [1.82, 2.24) is 4.31 Å². The van der Waals surface area contributed by atoms with Gasteiger partial charge in [-0.3, -0.25) is 0 Å². The van der Waals surface area contributed by atoms with Crippen molar-refractivity contribution in [3.63, 3.8) is 0 Å². The van der Waals surface area contributed by atoms with Crippen LogP contribution in [0.3, 0.4) is 0 Å². The fourth-order valence-corrected chi connectivity index (χ4v) is 3.88. The average Bonchev–Trinajstić information content (AvgIpc) is 2.48. The summed E-state index contributed by atoms with van der Waals surface area (Å²) < 4.78 is 31.9. The van der Waals surface area contributed by atoms with Gasteiger partial charge < -0.3 is 10.5 Å². The Morgan fingerprint density at radius 2 is 1.81 bits per heavy atom. The van der Waals surface area contributed by atoms with Crippen molar-refractivity contribution in [2.75, 3.05) is 26.2 Å². The Balaban J connectivity index is 0.00000220. The summed E-state index contributed by atoms with van der Waals surface area (Å²) in [5.74, 6) is 1.13. The molecule has 0 aliphatic carbocycles. The zero-order valence-electron chi connectivity index (χ0n) is 12.2. The number of sulfonamides is 1. The second-order valence-electron chi connectivity index (χ2n) is 4.99. The maximum atomic E-state index is 12.5. The molecule has 0 spiro atoms. The summed E-state index contributed by atoms with van der Waals surface area (Å²) in [6, 6.07) is 6.61. The van der Waals surface area contributed by atoms with Crippen molar-refractivity contribution in [1.29, 1.82) is 0 Å². The lowest BCUT2D eigenvalue weighted by molar-refractivity contribution is 0.278. The summed E-state index contributed by atoms with van der Waals surface area (Å²) in [5.41, 5.74) is 5.63. The fraction of sp³-hybridized carbons (Fsp3) is 0.571. The third kappa shape index (κ3) is 4.32. The molecule has 1 aromatic carbocycles. The number of nitrogens with zero attached hydrogens (tertiary/aromatic N) is 1. The second kappa shape index (κ2) is 7.98. The molecule has 21 heavy (non-hydrogen) atoms. The zero-order chi connectivity index (χ0) is 14.6. The van der Waals surface area contributed by atoms with Crippen molar-refractivity contribution in [2.45, 2.75) is 24.7 Å². The Labute approximate surface area is 132 Å². The van der Waals surface area contributed by atoms with Crippen molar-refractivity contribution in [3.05, 3.63) is 24.3 Å². The van der Waals surface area contributed by atoms with Crippen molar-refractivity contribution >= 4 is 22.4 Å². The van der Waals surface area contributed by atoms with Gasteiger partial charge in [-0.2, -0.15) is 4.31 Å². The van der Waals surface area contributed by atoms with Crippen LogP contribution in [0, 0.1) is 5.92 Å². The first-order chi connectivity index (χ1) is 9.57. The Morgan fingerprint density at radius 1 is 1.24 bits per heavy atom. The maximum absolute atomic E-state index is 12.5. The third-order valence-electron chi connectivity index (χ3n) is 3.68. The van der Waals surface area contributed by atoms with E-state index in [0.717, 1.165) is 12.8 Å². The number of piperidine rings is 1.